The minimum Gasteiger partial charge on any atom is -0.497 e. The maximum atomic E-state index is 13.2. The molecule has 164 valence electrons. The van der Waals surface area contributed by atoms with Crippen molar-refractivity contribution in [2.45, 2.75) is 25.5 Å². The van der Waals surface area contributed by atoms with Gasteiger partial charge in [0, 0.05) is 5.69 Å². The molecule has 0 bridgehead atoms. The zero-order chi connectivity index (χ0) is 22.7. The van der Waals surface area contributed by atoms with Gasteiger partial charge < -0.3 is 10.1 Å². The highest BCUT2D eigenvalue weighted by atomic mass is 32.2. The number of fused-ring (bicyclic) bond motifs is 1. The van der Waals surface area contributed by atoms with Crippen molar-refractivity contribution in [3.63, 3.8) is 0 Å². The molecule has 0 atom stereocenters. The number of aryl methyl sites for hydroxylation is 1. The van der Waals surface area contributed by atoms with Gasteiger partial charge in [0.25, 0.3) is 5.56 Å². The zero-order valence-electron chi connectivity index (χ0n) is 18.0. The van der Waals surface area contributed by atoms with Crippen LogP contribution < -0.4 is 15.6 Å². The largest absolute Gasteiger partial charge is 0.497 e. The van der Waals surface area contributed by atoms with Crippen molar-refractivity contribution in [2.75, 3.05) is 18.2 Å². The van der Waals surface area contributed by atoms with Crippen LogP contribution >= 0.6 is 23.1 Å². The number of anilines is 1. The Bertz CT molecular complexity index is 1340. The van der Waals surface area contributed by atoms with Crippen LogP contribution in [0.1, 0.15) is 16.7 Å². The molecule has 1 N–H and O–H groups in total. The van der Waals surface area contributed by atoms with E-state index in [-0.39, 0.29) is 17.2 Å². The number of hydrogen-bond acceptors (Lipinski definition) is 6. The second-order valence-corrected chi connectivity index (χ2v) is 9.22. The van der Waals surface area contributed by atoms with Crippen molar-refractivity contribution < 1.29 is 9.53 Å². The molecule has 0 fully saturated rings. The molecule has 0 radical (unpaired) electrons. The summed E-state index contributed by atoms with van der Waals surface area (Å²) in [6, 6.07) is 15.2. The first kappa shape index (κ1) is 22.1. The SMILES string of the molecule is COc1cccc(Cn2c(SCC(=O)Nc3cccc(C)c3C)nc3ccsc3c2=O)c1. The predicted octanol–water partition coefficient (Wildman–Crippen LogP) is 4.86. The lowest BCUT2D eigenvalue weighted by Gasteiger charge is -2.13. The molecule has 4 rings (SSSR count). The van der Waals surface area contributed by atoms with Gasteiger partial charge in [0.1, 0.15) is 10.4 Å². The third kappa shape index (κ3) is 4.71. The van der Waals surface area contributed by atoms with E-state index >= 15 is 0 Å². The molecular weight excluding hydrogens is 442 g/mol. The van der Waals surface area contributed by atoms with Crippen LogP contribution in [0.2, 0.25) is 0 Å². The van der Waals surface area contributed by atoms with Crippen LogP contribution in [0.5, 0.6) is 5.75 Å². The minimum absolute atomic E-state index is 0.106. The Kier molecular flexibility index (Phi) is 6.62. The molecule has 32 heavy (non-hydrogen) atoms. The Morgan fingerprint density at radius 2 is 2.00 bits per heavy atom. The zero-order valence-corrected chi connectivity index (χ0v) is 19.7. The van der Waals surface area contributed by atoms with Crippen molar-refractivity contribution >= 4 is 44.9 Å². The Labute approximate surface area is 194 Å². The summed E-state index contributed by atoms with van der Waals surface area (Å²) in [6.45, 7) is 4.34. The van der Waals surface area contributed by atoms with Crippen LogP contribution in [-0.4, -0.2) is 28.3 Å². The second kappa shape index (κ2) is 9.58. The van der Waals surface area contributed by atoms with Crippen molar-refractivity contribution in [1.82, 2.24) is 9.55 Å². The highest BCUT2D eigenvalue weighted by molar-refractivity contribution is 7.99. The highest BCUT2D eigenvalue weighted by Gasteiger charge is 2.15. The molecule has 2 aromatic carbocycles. The van der Waals surface area contributed by atoms with Crippen LogP contribution in [0, 0.1) is 13.8 Å². The normalized spacial score (nSPS) is 11.0. The number of aromatic nitrogens is 2. The van der Waals surface area contributed by atoms with E-state index in [0.29, 0.717) is 21.9 Å². The van der Waals surface area contributed by atoms with Crippen molar-refractivity contribution in [1.29, 1.82) is 0 Å². The standard InChI is InChI=1S/C24H23N3O3S2/c1-15-6-4-9-19(16(15)2)25-21(28)14-32-24-26-20-10-11-31-22(20)23(29)27(24)13-17-7-5-8-18(12-17)30-3/h4-12H,13-14H2,1-3H3,(H,25,28). The molecule has 0 saturated carbocycles. The first-order valence-electron chi connectivity index (χ1n) is 10.1. The molecule has 0 unspecified atom stereocenters. The summed E-state index contributed by atoms with van der Waals surface area (Å²) in [7, 11) is 1.61. The molecule has 6 nitrogen and oxygen atoms in total. The van der Waals surface area contributed by atoms with Crippen LogP contribution in [0.3, 0.4) is 0 Å². The fourth-order valence-corrected chi connectivity index (χ4v) is 4.91. The average Bonchev–Trinajstić information content (AvgIpc) is 3.27. The van der Waals surface area contributed by atoms with Crippen LogP contribution in [0.25, 0.3) is 10.2 Å². The number of amides is 1. The molecule has 8 heteroatoms. The number of carbonyl (C=O) groups is 1. The van der Waals surface area contributed by atoms with Crippen molar-refractivity contribution in [2.24, 2.45) is 0 Å². The summed E-state index contributed by atoms with van der Waals surface area (Å²) in [5, 5.41) is 5.33. The van der Waals surface area contributed by atoms with E-state index in [1.54, 1.807) is 11.7 Å². The van der Waals surface area contributed by atoms with Gasteiger partial charge >= 0.3 is 0 Å². The third-order valence-corrected chi connectivity index (χ3v) is 7.08. The smallest absolute Gasteiger partial charge is 0.272 e. The molecule has 1 amide bonds. The molecule has 2 aromatic heterocycles. The summed E-state index contributed by atoms with van der Waals surface area (Å²) in [5.41, 5.74) is 4.42. The van der Waals surface area contributed by atoms with Crippen LogP contribution in [-0.2, 0) is 11.3 Å². The number of nitrogens with zero attached hydrogens (tertiary/aromatic N) is 2. The van der Waals surface area contributed by atoms with Crippen molar-refractivity contribution in [3.05, 3.63) is 81.0 Å². The van der Waals surface area contributed by atoms with E-state index < -0.39 is 0 Å². The van der Waals surface area contributed by atoms with Crippen molar-refractivity contribution in [3.8, 4) is 5.75 Å². The number of nitrogens with one attached hydrogen (secondary N) is 1. The fraction of sp³-hybridized carbons (Fsp3) is 0.208. The van der Waals surface area contributed by atoms with E-state index in [1.807, 2.05) is 67.8 Å². The van der Waals surface area contributed by atoms with Gasteiger partial charge in [-0.2, -0.15) is 0 Å². The van der Waals surface area contributed by atoms with E-state index in [4.69, 9.17) is 4.74 Å². The van der Waals surface area contributed by atoms with Crippen LogP contribution in [0.4, 0.5) is 5.69 Å². The monoisotopic (exact) mass is 465 g/mol. The molecule has 0 aliphatic heterocycles. The minimum atomic E-state index is -0.142. The van der Waals surface area contributed by atoms with Gasteiger partial charge in [-0.3, -0.25) is 14.2 Å². The number of benzene rings is 2. The number of thiophene rings is 1. The first-order valence-corrected chi connectivity index (χ1v) is 11.9. The Morgan fingerprint density at radius 1 is 1.19 bits per heavy atom. The van der Waals surface area contributed by atoms with E-state index in [9.17, 15) is 9.59 Å². The number of methoxy groups -OCH3 is 1. The quantitative estimate of drug-likeness (QED) is 0.312. The molecule has 0 saturated heterocycles. The maximum Gasteiger partial charge on any atom is 0.272 e. The lowest BCUT2D eigenvalue weighted by molar-refractivity contribution is -0.113. The first-order chi connectivity index (χ1) is 15.5. The summed E-state index contributed by atoms with van der Waals surface area (Å²) in [6.07, 6.45) is 0. The topological polar surface area (TPSA) is 73.2 Å². The average molecular weight is 466 g/mol. The van der Waals surface area contributed by atoms with Gasteiger partial charge in [-0.1, -0.05) is 36.0 Å². The summed E-state index contributed by atoms with van der Waals surface area (Å²) in [4.78, 5) is 30.5. The van der Waals surface area contributed by atoms with E-state index in [1.165, 1.54) is 23.1 Å². The Morgan fingerprint density at radius 3 is 2.81 bits per heavy atom. The number of ether oxygens (including phenoxy) is 1. The van der Waals surface area contributed by atoms with Gasteiger partial charge in [0.15, 0.2) is 5.16 Å². The lowest BCUT2D eigenvalue weighted by atomic mass is 10.1. The van der Waals surface area contributed by atoms with Gasteiger partial charge in [-0.25, -0.2) is 4.98 Å². The number of thioether (sulfide) groups is 1. The molecule has 0 aliphatic rings. The number of rotatable bonds is 7. The summed E-state index contributed by atoms with van der Waals surface area (Å²) >= 11 is 2.63. The second-order valence-electron chi connectivity index (χ2n) is 7.36. The van der Waals surface area contributed by atoms with Gasteiger partial charge in [-0.15, -0.1) is 11.3 Å². The van der Waals surface area contributed by atoms with E-state index in [0.717, 1.165) is 28.1 Å². The van der Waals surface area contributed by atoms with Gasteiger partial charge in [0.2, 0.25) is 5.91 Å². The number of carbonyl (C=O) groups excluding carboxylic acids is 1. The van der Waals surface area contributed by atoms with Gasteiger partial charge in [-0.05, 0) is 60.2 Å². The summed E-state index contributed by atoms with van der Waals surface area (Å²) < 4.78 is 7.54. The molecular formula is C24H23N3O3S2. The molecule has 0 spiro atoms. The third-order valence-electron chi connectivity index (χ3n) is 5.22. The van der Waals surface area contributed by atoms with E-state index in [2.05, 4.69) is 10.3 Å². The number of hydrogen-bond donors (Lipinski definition) is 1. The predicted molar refractivity (Wildman–Crippen MR) is 131 cm³/mol. The van der Waals surface area contributed by atoms with Gasteiger partial charge in [0.05, 0.1) is 24.9 Å². The molecule has 4 aromatic rings. The molecule has 2 heterocycles. The highest BCUT2D eigenvalue weighted by Crippen LogP contribution is 2.24. The molecule has 0 aliphatic carbocycles. The Hall–Kier alpha value is -3.10. The van der Waals surface area contributed by atoms with Crippen LogP contribution in [0.15, 0.2) is 63.9 Å². The Balaban J connectivity index is 1.59. The maximum absolute atomic E-state index is 13.2. The fourth-order valence-electron chi connectivity index (χ4n) is 3.33. The lowest BCUT2D eigenvalue weighted by Crippen LogP contribution is -2.24. The summed E-state index contributed by atoms with van der Waals surface area (Å²) in [5.74, 6) is 0.729.